The summed E-state index contributed by atoms with van der Waals surface area (Å²) in [6.07, 6.45) is -4.91. The molecule has 0 aliphatic carbocycles. The number of piperazine rings is 1. The average molecular weight is 290 g/mol. The van der Waals surface area contributed by atoms with Crippen LogP contribution in [0.3, 0.4) is 0 Å². The number of hydrogen-bond acceptors (Lipinski definition) is 2. The van der Waals surface area contributed by atoms with Crippen LogP contribution in [0.25, 0.3) is 0 Å². The SMILES string of the molecule is C[C@@H]1CN(C(=O)C(F)(F)F)[C@@H](c2ccc(F)cc2)CN1. The molecule has 1 aliphatic rings. The fourth-order valence-electron chi connectivity index (χ4n) is 2.28. The molecule has 1 fully saturated rings. The molecule has 0 spiro atoms. The Bertz CT molecular complexity index is 486. The van der Waals surface area contributed by atoms with E-state index in [1.165, 1.54) is 24.3 Å². The van der Waals surface area contributed by atoms with Gasteiger partial charge in [0.05, 0.1) is 6.04 Å². The van der Waals surface area contributed by atoms with E-state index in [-0.39, 0.29) is 19.1 Å². The predicted octanol–water partition coefficient (Wildman–Crippen LogP) is 2.25. The van der Waals surface area contributed by atoms with E-state index in [0.29, 0.717) is 5.56 Å². The zero-order chi connectivity index (χ0) is 14.9. The van der Waals surface area contributed by atoms with Gasteiger partial charge in [0.15, 0.2) is 0 Å². The molecule has 0 aromatic heterocycles. The first-order valence-electron chi connectivity index (χ1n) is 6.15. The van der Waals surface area contributed by atoms with E-state index in [9.17, 15) is 22.4 Å². The summed E-state index contributed by atoms with van der Waals surface area (Å²) in [6, 6.07) is 4.16. The number of rotatable bonds is 1. The summed E-state index contributed by atoms with van der Waals surface area (Å²) in [5, 5.41) is 3.03. The Morgan fingerprint density at radius 1 is 1.30 bits per heavy atom. The largest absolute Gasteiger partial charge is 0.471 e. The van der Waals surface area contributed by atoms with Crippen molar-refractivity contribution in [3.63, 3.8) is 0 Å². The highest BCUT2D eigenvalue weighted by atomic mass is 19.4. The minimum absolute atomic E-state index is 0.0413. The summed E-state index contributed by atoms with van der Waals surface area (Å²) in [6.45, 7) is 1.87. The van der Waals surface area contributed by atoms with Crippen molar-refractivity contribution in [3.8, 4) is 0 Å². The number of halogens is 4. The van der Waals surface area contributed by atoms with E-state index in [1.807, 2.05) is 0 Å². The highest BCUT2D eigenvalue weighted by molar-refractivity contribution is 5.82. The van der Waals surface area contributed by atoms with Crippen molar-refractivity contribution in [2.45, 2.75) is 25.2 Å². The van der Waals surface area contributed by atoms with Crippen molar-refractivity contribution in [3.05, 3.63) is 35.6 Å². The summed E-state index contributed by atoms with van der Waals surface area (Å²) in [5.74, 6) is -2.33. The number of hydrogen-bond donors (Lipinski definition) is 1. The van der Waals surface area contributed by atoms with Crippen LogP contribution >= 0.6 is 0 Å². The number of carbonyl (C=O) groups excluding carboxylic acids is 1. The molecular formula is C13H14F4N2O. The molecule has 1 saturated heterocycles. The van der Waals surface area contributed by atoms with E-state index in [1.54, 1.807) is 6.92 Å². The molecule has 0 saturated carbocycles. The summed E-state index contributed by atoms with van der Waals surface area (Å²) in [7, 11) is 0. The highest BCUT2D eigenvalue weighted by Gasteiger charge is 2.46. The molecule has 0 unspecified atom stereocenters. The topological polar surface area (TPSA) is 32.3 Å². The van der Waals surface area contributed by atoms with Crippen molar-refractivity contribution < 1.29 is 22.4 Å². The second-order valence-corrected chi connectivity index (χ2v) is 4.83. The third kappa shape index (κ3) is 3.09. The number of alkyl halides is 3. The Hall–Kier alpha value is -1.63. The molecule has 1 aliphatic heterocycles. The van der Waals surface area contributed by atoms with Gasteiger partial charge in [0.25, 0.3) is 0 Å². The maximum Gasteiger partial charge on any atom is 0.471 e. The number of nitrogens with zero attached hydrogens (tertiary/aromatic N) is 1. The fraction of sp³-hybridized carbons (Fsp3) is 0.462. The van der Waals surface area contributed by atoms with Crippen LogP contribution in [0.2, 0.25) is 0 Å². The van der Waals surface area contributed by atoms with Crippen LogP contribution in [-0.2, 0) is 4.79 Å². The van der Waals surface area contributed by atoms with Crippen LogP contribution in [0.1, 0.15) is 18.5 Å². The first-order chi connectivity index (χ1) is 9.29. The van der Waals surface area contributed by atoms with Crippen LogP contribution in [0.15, 0.2) is 24.3 Å². The van der Waals surface area contributed by atoms with E-state index in [0.717, 1.165) is 4.90 Å². The average Bonchev–Trinajstić information content (AvgIpc) is 2.38. The minimum atomic E-state index is -4.91. The van der Waals surface area contributed by atoms with Gasteiger partial charge in [0.1, 0.15) is 5.82 Å². The van der Waals surface area contributed by atoms with Gasteiger partial charge in [0.2, 0.25) is 0 Å². The molecule has 0 bridgehead atoms. The molecule has 2 atom stereocenters. The van der Waals surface area contributed by atoms with Gasteiger partial charge in [-0.05, 0) is 24.6 Å². The summed E-state index contributed by atoms with van der Waals surface area (Å²) in [5.41, 5.74) is 0.475. The molecule has 1 heterocycles. The normalized spacial score (nSPS) is 23.8. The predicted molar refractivity (Wildman–Crippen MR) is 64.4 cm³/mol. The molecule has 2 rings (SSSR count). The van der Waals surface area contributed by atoms with Crippen molar-refractivity contribution in [2.75, 3.05) is 13.1 Å². The number of benzene rings is 1. The molecule has 7 heteroatoms. The maximum atomic E-state index is 12.9. The molecule has 110 valence electrons. The molecule has 3 nitrogen and oxygen atoms in total. The second kappa shape index (κ2) is 5.40. The lowest BCUT2D eigenvalue weighted by atomic mass is 10.0. The van der Waals surface area contributed by atoms with Crippen molar-refractivity contribution in [1.82, 2.24) is 10.2 Å². The van der Waals surface area contributed by atoms with E-state index >= 15 is 0 Å². The Morgan fingerprint density at radius 2 is 1.90 bits per heavy atom. The van der Waals surface area contributed by atoms with Crippen LogP contribution in [-0.4, -0.2) is 36.1 Å². The van der Waals surface area contributed by atoms with Gasteiger partial charge < -0.3 is 10.2 Å². The van der Waals surface area contributed by atoms with Crippen molar-refractivity contribution in [2.24, 2.45) is 0 Å². The lowest BCUT2D eigenvalue weighted by Gasteiger charge is -2.39. The smallest absolute Gasteiger partial charge is 0.325 e. The van der Waals surface area contributed by atoms with Crippen LogP contribution < -0.4 is 5.32 Å². The monoisotopic (exact) mass is 290 g/mol. The van der Waals surface area contributed by atoms with Crippen LogP contribution in [0, 0.1) is 5.82 Å². The van der Waals surface area contributed by atoms with Crippen LogP contribution in [0.5, 0.6) is 0 Å². The number of amides is 1. The summed E-state index contributed by atoms with van der Waals surface area (Å²) < 4.78 is 50.8. The Morgan fingerprint density at radius 3 is 2.45 bits per heavy atom. The van der Waals surface area contributed by atoms with Gasteiger partial charge in [-0.2, -0.15) is 13.2 Å². The Labute approximate surface area is 113 Å². The van der Waals surface area contributed by atoms with E-state index in [2.05, 4.69) is 5.32 Å². The second-order valence-electron chi connectivity index (χ2n) is 4.83. The molecular weight excluding hydrogens is 276 g/mol. The molecule has 1 amide bonds. The van der Waals surface area contributed by atoms with Gasteiger partial charge in [-0.1, -0.05) is 12.1 Å². The molecule has 0 radical (unpaired) electrons. The lowest BCUT2D eigenvalue weighted by molar-refractivity contribution is -0.189. The van der Waals surface area contributed by atoms with Gasteiger partial charge in [-0.25, -0.2) is 4.39 Å². The number of carbonyl (C=O) groups is 1. The lowest BCUT2D eigenvalue weighted by Crippen LogP contribution is -2.56. The molecule has 20 heavy (non-hydrogen) atoms. The van der Waals surface area contributed by atoms with Crippen molar-refractivity contribution >= 4 is 5.91 Å². The Balaban J connectivity index is 2.29. The Kier molecular flexibility index (Phi) is 3.99. The zero-order valence-electron chi connectivity index (χ0n) is 10.7. The quantitative estimate of drug-likeness (QED) is 0.805. The van der Waals surface area contributed by atoms with Gasteiger partial charge in [-0.15, -0.1) is 0 Å². The third-order valence-electron chi connectivity index (χ3n) is 3.26. The van der Waals surface area contributed by atoms with Gasteiger partial charge in [-0.3, -0.25) is 4.79 Å². The first-order valence-corrected chi connectivity index (χ1v) is 6.15. The first kappa shape index (κ1) is 14.8. The molecule has 1 aromatic carbocycles. The van der Waals surface area contributed by atoms with E-state index < -0.39 is 23.9 Å². The van der Waals surface area contributed by atoms with E-state index in [4.69, 9.17) is 0 Å². The van der Waals surface area contributed by atoms with Crippen LogP contribution in [0.4, 0.5) is 17.6 Å². The van der Waals surface area contributed by atoms with Gasteiger partial charge >= 0.3 is 12.1 Å². The number of nitrogens with one attached hydrogen (secondary N) is 1. The minimum Gasteiger partial charge on any atom is -0.325 e. The molecule has 1 aromatic rings. The standard InChI is InChI=1S/C13H14F4N2O/c1-8-7-19(12(20)13(15,16)17)11(6-18-8)9-2-4-10(14)5-3-9/h2-5,8,11,18H,6-7H2,1H3/t8-,11-/m1/s1. The van der Waals surface area contributed by atoms with Gasteiger partial charge in [0, 0.05) is 19.1 Å². The third-order valence-corrected chi connectivity index (χ3v) is 3.26. The highest BCUT2D eigenvalue weighted by Crippen LogP contribution is 2.29. The summed E-state index contributed by atoms with van der Waals surface area (Å²) in [4.78, 5) is 12.3. The zero-order valence-corrected chi connectivity index (χ0v) is 10.7. The van der Waals surface area contributed by atoms with Crippen molar-refractivity contribution in [1.29, 1.82) is 0 Å². The summed E-state index contributed by atoms with van der Waals surface area (Å²) >= 11 is 0. The fourth-order valence-corrected chi connectivity index (χ4v) is 2.28. The maximum absolute atomic E-state index is 12.9. The molecule has 1 N–H and O–H groups in total.